The van der Waals surface area contributed by atoms with Gasteiger partial charge in [-0.1, -0.05) is 0 Å². The van der Waals surface area contributed by atoms with Gasteiger partial charge in [-0.25, -0.2) is 4.79 Å². The van der Waals surface area contributed by atoms with E-state index in [0.29, 0.717) is 11.1 Å². The van der Waals surface area contributed by atoms with Gasteiger partial charge in [-0.15, -0.1) is 0 Å². The number of hydrogen-bond donors (Lipinski definition) is 3. The zero-order chi connectivity index (χ0) is 12.4. The van der Waals surface area contributed by atoms with E-state index in [1.165, 1.54) is 25.4 Å². The molecule has 1 aromatic carbocycles. The van der Waals surface area contributed by atoms with Crippen LogP contribution in [0.1, 0.15) is 10.4 Å². The molecular weight excluding hydrogens is 224 g/mol. The summed E-state index contributed by atoms with van der Waals surface area (Å²) >= 11 is 0. The number of nitrogens with zero attached hydrogens (tertiary/aromatic N) is 1. The SMILES string of the molecule is COc1cc(C(=O)O)cc(-c2cn[nH]c2)c1O. The first-order valence-corrected chi connectivity index (χ1v) is 4.77. The summed E-state index contributed by atoms with van der Waals surface area (Å²) in [7, 11) is 1.36. The molecule has 2 rings (SSSR count). The summed E-state index contributed by atoms with van der Waals surface area (Å²) in [6, 6.07) is 2.63. The van der Waals surface area contributed by atoms with Crippen molar-refractivity contribution in [1.29, 1.82) is 0 Å². The molecule has 1 heterocycles. The number of carboxylic acids is 1. The van der Waals surface area contributed by atoms with Crippen LogP contribution in [0.25, 0.3) is 11.1 Å². The number of phenolic OH excluding ortho intramolecular Hbond substituents is 1. The highest BCUT2D eigenvalue weighted by Gasteiger charge is 2.16. The monoisotopic (exact) mass is 234 g/mol. The largest absolute Gasteiger partial charge is 0.504 e. The fourth-order valence-corrected chi connectivity index (χ4v) is 1.51. The van der Waals surface area contributed by atoms with Gasteiger partial charge in [0.25, 0.3) is 0 Å². The number of carboxylic acid groups (broad SMARTS) is 1. The summed E-state index contributed by atoms with van der Waals surface area (Å²) < 4.78 is 4.93. The molecule has 0 aliphatic heterocycles. The zero-order valence-corrected chi connectivity index (χ0v) is 8.97. The average molecular weight is 234 g/mol. The van der Waals surface area contributed by atoms with Crippen LogP contribution < -0.4 is 4.74 Å². The lowest BCUT2D eigenvalue weighted by Gasteiger charge is -2.09. The van der Waals surface area contributed by atoms with Crippen molar-refractivity contribution in [2.45, 2.75) is 0 Å². The molecule has 88 valence electrons. The Bertz CT molecular complexity index is 549. The fourth-order valence-electron chi connectivity index (χ4n) is 1.51. The van der Waals surface area contributed by atoms with Crippen LogP contribution in [0.4, 0.5) is 0 Å². The van der Waals surface area contributed by atoms with Crippen molar-refractivity contribution in [1.82, 2.24) is 10.2 Å². The Kier molecular flexibility index (Phi) is 2.70. The second-order valence-corrected chi connectivity index (χ2v) is 3.37. The van der Waals surface area contributed by atoms with E-state index < -0.39 is 5.97 Å². The molecule has 0 atom stereocenters. The fraction of sp³-hybridized carbons (Fsp3) is 0.0909. The molecule has 3 N–H and O–H groups in total. The molecule has 0 bridgehead atoms. The molecule has 6 heteroatoms. The molecule has 0 amide bonds. The van der Waals surface area contributed by atoms with Crippen molar-refractivity contribution in [2.75, 3.05) is 7.11 Å². The summed E-state index contributed by atoms with van der Waals surface area (Å²) in [6.45, 7) is 0. The third kappa shape index (κ3) is 1.92. The van der Waals surface area contributed by atoms with Crippen molar-refractivity contribution in [2.24, 2.45) is 0 Å². The van der Waals surface area contributed by atoms with Crippen molar-refractivity contribution < 1.29 is 19.7 Å². The molecule has 17 heavy (non-hydrogen) atoms. The highest BCUT2D eigenvalue weighted by Crippen LogP contribution is 2.37. The van der Waals surface area contributed by atoms with E-state index in [0.717, 1.165) is 0 Å². The van der Waals surface area contributed by atoms with Crippen LogP contribution in [0.3, 0.4) is 0 Å². The molecule has 0 aliphatic rings. The second-order valence-electron chi connectivity index (χ2n) is 3.37. The predicted molar refractivity (Wildman–Crippen MR) is 59.2 cm³/mol. The van der Waals surface area contributed by atoms with Crippen LogP contribution in [-0.4, -0.2) is 33.5 Å². The average Bonchev–Trinajstić information content (AvgIpc) is 2.82. The van der Waals surface area contributed by atoms with E-state index >= 15 is 0 Å². The van der Waals surface area contributed by atoms with Crippen LogP contribution in [0, 0.1) is 0 Å². The second kappa shape index (κ2) is 4.17. The van der Waals surface area contributed by atoms with E-state index in [-0.39, 0.29) is 17.1 Å². The van der Waals surface area contributed by atoms with E-state index in [2.05, 4.69) is 10.2 Å². The number of aromatic hydroxyl groups is 1. The van der Waals surface area contributed by atoms with Gasteiger partial charge in [-0.3, -0.25) is 5.10 Å². The van der Waals surface area contributed by atoms with Crippen molar-refractivity contribution in [3.8, 4) is 22.6 Å². The number of rotatable bonds is 3. The van der Waals surface area contributed by atoms with E-state index in [1.807, 2.05) is 0 Å². The van der Waals surface area contributed by atoms with Gasteiger partial charge in [0.2, 0.25) is 0 Å². The Labute approximate surface area is 96.5 Å². The zero-order valence-electron chi connectivity index (χ0n) is 8.97. The number of H-pyrrole nitrogens is 1. The van der Waals surface area contributed by atoms with Gasteiger partial charge in [-0.2, -0.15) is 5.10 Å². The highest BCUT2D eigenvalue weighted by atomic mass is 16.5. The van der Waals surface area contributed by atoms with E-state index in [1.54, 1.807) is 6.20 Å². The molecule has 0 saturated carbocycles. The molecule has 0 radical (unpaired) electrons. The van der Waals surface area contributed by atoms with Crippen molar-refractivity contribution in [3.63, 3.8) is 0 Å². The molecule has 0 fully saturated rings. The number of aromatic nitrogens is 2. The van der Waals surface area contributed by atoms with E-state index in [9.17, 15) is 9.90 Å². The predicted octanol–water partition coefficient (Wildman–Crippen LogP) is 1.49. The molecule has 6 nitrogen and oxygen atoms in total. The molecule has 0 unspecified atom stereocenters. The maximum absolute atomic E-state index is 10.9. The highest BCUT2D eigenvalue weighted by molar-refractivity contribution is 5.91. The minimum absolute atomic E-state index is 0.0378. The van der Waals surface area contributed by atoms with Gasteiger partial charge in [0.05, 0.1) is 18.9 Å². The van der Waals surface area contributed by atoms with Gasteiger partial charge in [0, 0.05) is 17.3 Å². The maximum Gasteiger partial charge on any atom is 0.335 e. The number of phenols is 1. The maximum atomic E-state index is 10.9. The third-order valence-electron chi connectivity index (χ3n) is 2.35. The van der Waals surface area contributed by atoms with Crippen molar-refractivity contribution in [3.05, 3.63) is 30.1 Å². The van der Waals surface area contributed by atoms with Crippen LogP contribution in [-0.2, 0) is 0 Å². The van der Waals surface area contributed by atoms with Crippen LogP contribution in [0.5, 0.6) is 11.5 Å². The molecule has 0 spiro atoms. The Morgan fingerprint density at radius 1 is 1.47 bits per heavy atom. The summed E-state index contributed by atoms with van der Waals surface area (Å²) in [6.07, 6.45) is 3.04. The van der Waals surface area contributed by atoms with Gasteiger partial charge >= 0.3 is 5.97 Å². The summed E-state index contributed by atoms with van der Waals surface area (Å²) in [4.78, 5) is 10.9. The summed E-state index contributed by atoms with van der Waals surface area (Å²) in [5.41, 5.74) is 0.982. The number of hydrogen-bond acceptors (Lipinski definition) is 4. The standard InChI is InChI=1S/C11H10N2O4/c1-17-9-3-6(11(15)16)2-8(10(9)14)7-4-12-13-5-7/h2-5,14H,1H3,(H,12,13)(H,15,16). The number of aromatic carboxylic acids is 1. The Morgan fingerprint density at radius 3 is 2.76 bits per heavy atom. The molecule has 0 aliphatic carbocycles. The minimum atomic E-state index is -1.09. The van der Waals surface area contributed by atoms with Crippen LogP contribution >= 0.6 is 0 Å². The lowest BCUT2D eigenvalue weighted by Crippen LogP contribution is -1.98. The number of carbonyl (C=O) groups is 1. The normalized spacial score (nSPS) is 10.2. The number of methoxy groups -OCH3 is 1. The Hall–Kier alpha value is -2.50. The molecule has 1 aromatic heterocycles. The Morgan fingerprint density at radius 2 is 2.24 bits per heavy atom. The lowest BCUT2D eigenvalue weighted by molar-refractivity contribution is 0.0696. The summed E-state index contributed by atoms with van der Waals surface area (Å²) in [5, 5.41) is 25.2. The van der Waals surface area contributed by atoms with Gasteiger partial charge < -0.3 is 14.9 Å². The number of ether oxygens (including phenoxy) is 1. The van der Waals surface area contributed by atoms with Crippen molar-refractivity contribution >= 4 is 5.97 Å². The minimum Gasteiger partial charge on any atom is -0.504 e. The summed E-state index contributed by atoms with van der Waals surface area (Å²) in [5.74, 6) is -1.09. The van der Waals surface area contributed by atoms with Crippen LogP contribution in [0.2, 0.25) is 0 Å². The lowest BCUT2D eigenvalue weighted by atomic mass is 10.0. The van der Waals surface area contributed by atoms with Gasteiger partial charge in [-0.05, 0) is 12.1 Å². The number of aromatic amines is 1. The third-order valence-corrected chi connectivity index (χ3v) is 2.35. The first-order valence-electron chi connectivity index (χ1n) is 4.77. The quantitative estimate of drug-likeness (QED) is 0.747. The van der Waals surface area contributed by atoms with E-state index in [4.69, 9.17) is 9.84 Å². The topological polar surface area (TPSA) is 95.4 Å². The Balaban J connectivity index is 2.65. The van der Waals surface area contributed by atoms with Gasteiger partial charge in [0.15, 0.2) is 11.5 Å². The molecule has 2 aromatic rings. The first kappa shape index (κ1) is 11.0. The van der Waals surface area contributed by atoms with Gasteiger partial charge in [0.1, 0.15) is 0 Å². The first-order chi connectivity index (χ1) is 8.13. The van der Waals surface area contributed by atoms with Crippen LogP contribution in [0.15, 0.2) is 24.5 Å². The number of nitrogens with one attached hydrogen (secondary N) is 1. The molecular formula is C11H10N2O4. The smallest absolute Gasteiger partial charge is 0.335 e. The number of benzene rings is 1. The molecule has 0 saturated heterocycles.